The fraction of sp³-hybridized carbons (Fsp3) is 0.133. The van der Waals surface area contributed by atoms with Gasteiger partial charge in [0.05, 0.1) is 0 Å². The molecule has 0 atom stereocenters. The Bertz CT molecular complexity index is 612. The molecule has 5 heteroatoms. The van der Waals surface area contributed by atoms with Crippen molar-refractivity contribution in [3.63, 3.8) is 0 Å². The molecule has 3 nitrogen and oxygen atoms in total. The molecule has 104 valence electrons. The van der Waals surface area contributed by atoms with E-state index >= 15 is 0 Å². The normalized spacial score (nSPS) is 11.2. The first kappa shape index (κ1) is 14.0. The molecule has 0 spiro atoms. The van der Waals surface area contributed by atoms with E-state index in [4.69, 9.17) is 4.42 Å². The predicted molar refractivity (Wildman–Crippen MR) is 69.9 cm³/mol. The number of hydrogen-bond donors (Lipinski definition) is 0. The van der Waals surface area contributed by atoms with Gasteiger partial charge in [0.2, 0.25) is 0 Å². The Kier molecular flexibility index (Phi) is 4.30. The van der Waals surface area contributed by atoms with Crippen LogP contribution in [-0.2, 0) is 0 Å². The summed E-state index contributed by atoms with van der Waals surface area (Å²) in [5.74, 6) is 1.10. The lowest BCUT2D eigenvalue weighted by atomic mass is 10.1. The van der Waals surface area contributed by atoms with Crippen molar-refractivity contribution >= 4 is 11.9 Å². The van der Waals surface area contributed by atoms with Gasteiger partial charge in [-0.1, -0.05) is 0 Å². The van der Waals surface area contributed by atoms with Crippen LogP contribution in [-0.4, -0.2) is 12.4 Å². The molecular weight excluding hydrogens is 266 g/mol. The van der Waals surface area contributed by atoms with Gasteiger partial charge in [-0.15, -0.1) is 0 Å². The van der Waals surface area contributed by atoms with E-state index in [2.05, 4.69) is 4.74 Å². The molecule has 1 aromatic heterocycles. The van der Waals surface area contributed by atoms with Gasteiger partial charge in [0.15, 0.2) is 5.78 Å². The molecule has 0 unspecified atom stereocenters. The quantitative estimate of drug-likeness (QED) is 0.611. The molecule has 0 radical (unpaired) electrons. The van der Waals surface area contributed by atoms with Crippen molar-refractivity contribution in [1.82, 2.24) is 0 Å². The van der Waals surface area contributed by atoms with Gasteiger partial charge >= 0.3 is 6.61 Å². The van der Waals surface area contributed by atoms with E-state index in [9.17, 15) is 13.6 Å². The topological polar surface area (TPSA) is 39.4 Å². The highest BCUT2D eigenvalue weighted by Crippen LogP contribution is 2.16. The minimum absolute atomic E-state index is 0.0159. The molecule has 0 N–H and O–H groups in total. The molecule has 1 aromatic carbocycles. The van der Waals surface area contributed by atoms with Gasteiger partial charge < -0.3 is 9.15 Å². The van der Waals surface area contributed by atoms with Gasteiger partial charge in [0.25, 0.3) is 0 Å². The van der Waals surface area contributed by atoms with Crippen molar-refractivity contribution in [2.24, 2.45) is 0 Å². The summed E-state index contributed by atoms with van der Waals surface area (Å²) in [6, 6.07) is 9.05. The summed E-state index contributed by atoms with van der Waals surface area (Å²) < 4.78 is 33.5. The summed E-state index contributed by atoms with van der Waals surface area (Å²) in [6.45, 7) is -1.07. The van der Waals surface area contributed by atoms with E-state index in [0.29, 0.717) is 11.3 Å². The highest BCUT2D eigenvalue weighted by Gasteiger charge is 2.06. The molecule has 1 heterocycles. The maximum Gasteiger partial charge on any atom is 0.387 e. The third kappa shape index (κ3) is 3.78. The van der Waals surface area contributed by atoms with Gasteiger partial charge in [0, 0.05) is 5.56 Å². The number of allylic oxidation sites excluding steroid dienone is 1. The van der Waals surface area contributed by atoms with Gasteiger partial charge in [0.1, 0.15) is 17.3 Å². The van der Waals surface area contributed by atoms with Gasteiger partial charge in [-0.3, -0.25) is 4.79 Å². The van der Waals surface area contributed by atoms with E-state index in [0.717, 1.165) is 5.76 Å². The highest BCUT2D eigenvalue weighted by atomic mass is 19.3. The monoisotopic (exact) mass is 278 g/mol. The van der Waals surface area contributed by atoms with Crippen LogP contribution in [0.25, 0.3) is 6.08 Å². The van der Waals surface area contributed by atoms with E-state index in [1.165, 1.54) is 30.3 Å². The van der Waals surface area contributed by atoms with Crippen LogP contribution in [0, 0.1) is 6.92 Å². The average molecular weight is 278 g/mol. The Morgan fingerprint density at radius 3 is 2.45 bits per heavy atom. The maximum absolute atomic E-state index is 12.0. The molecule has 0 amide bonds. The van der Waals surface area contributed by atoms with Gasteiger partial charge in [-0.25, -0.2) is 0 Å². The second-order valence-corrected chi connectivity index (χ2v) is 4.05. The fourth-order valence-electron chi connectivity index (χ4n) is 1.60. The third-order valence-corrected chi connectivity index (χ3v) is 2.52. The lowest BCUT2D eigenvalue weighted by molar-refractivity contribution is -0.0498. The SMILES string of the molecule is Cc1ccc(C=CC(=O)c2ccc(OC(F)F)cc2)o1. The summed E-state index contributed by atoms with van der Waals surface area (Å²) in [7, 11) is 0. The summed E-state index contributed by atoms with van der Waals surface area (Å²) in [5, 5.41) is 0. The van der Waals surface area contributed by atoms with Crippen LogP contribution in [0.2, 0.25) is 0 Å². The number of carbonyl (C=O) groups is 1. The molecule has 0 fully saturated rings. The Labute approximate surface area is 114 Å². The smallest absolute Gasteiger partial charge is 0.387 e. The number of hydrogen-bond acceptors (Lipinski definition) is 3. The summed E-state index contributed by atoms with van der Waals surface area (Å²) in [5.41, 5.74) is 0.381. The molecule has 2 rings (SSSR count). The van der Waals surface area contributed by atoms with Crippen LogP contribution >= 0.6 is 0 Å². The second kappa shape index (κ2) is 6.14. The van der Waals surface area contributed by atoms with Crippen molar-refractivity contribution in [3.8, 4) is 5.75 Å². The largest absolute Gasteiger partial charge is 0.462 e. The van der Waals surface area contributed by atoms with Crippen LogP contribution in [0.1, 0.15) is 21.9 Å². The summed E-state index contributed by atoms with van der Waals surface area (Å²) in [4.78, 5) is 11.8. The first-order valence-electron chi connectivity index (χ1n) is 5.88. The summed E-state index contributed by atoms with van der Waals surface area (Å²) >= 11 is 0. The first-order valence-corrected chi connectivity index (χ1v) is 5.88. The number of carbonyl (C=O) groups excluding carboxylic acids is 1. The van der Waals surface area contributed by atoms with Crippen LogP contribution in [0.15, 0.2) is 46.9 Å². The summed E-state index contributed by atoms with van der Waals surface area (Å²) in [6.07, 6.45) is 2.92. The minimum Gasteiger partial charge on any atom is -0.462 e. The van der Waals surface area contributed by atoms with Crippen LogP contribution in [0.4, 0.5) is 8.78 Å². The van der Waals surface area contributed by atoms with Crippen LogP contribution in [0.5, 0.6) is 5.75 Å². The number of alkyl halides is 2. The van der Waals surface area contributed by atoms with E-state index in [-0.39, 0.29) is 11.5 Å². The maximum atomic E-state index is 12.0. The van der Waals surface area contributed by atoms with E-state index in [1.807, 2.05) is 0 Å². The molecule has 20 heavy (non-hydrogen) atoms. The number of benzene rings is 1. The van der Waals surface area contributed by atoms with Crippen molar-refractivity contribution in [2.75, 3.05) is 0 Å². The Morgan fingerprint density at radius 2 is 1.90 bits per heavy atom. The van der Waals surface area contributed by atoms with E-state index in [1.54, 1.807) is 25.1 Å². The number of aryl methyl sites for hydroxylation is 1. The van der Waals surface area contributed by atoms with Crippen molar-refractivity contribution < 1.29 is 22.7 Å². The molecule has 0 saturated heterocycles. The number of furan rings is 1. The lowest BCUT2D eigenvalue weighted by Gasteiger charge is -2.04. The molecule has 0 bridgehead atoms. The number of halogens is 2. The van der Waals surface area contributed by atoms with Gasteiger partial charge in [-0.2, -0.15) is 8.78 Å². The first-order chi connectivity index (χ1) is 9.54. The molecule has 0 aliphatic carbocycles. The molecule has 2 aromatic rings. The number of ketones is 1. The zero-order chi connectivity index (χ0) is 14.5. The third-order valence-electron chi connectivity index (χ3n) is 2.52. The standard InChI is InChI=1S/C15H12F2O3/c1-10-2-5-12(19-10)8-9-14(18)11-3-6-13(7-4-11)20-15(16)17/h2-9,15H,1H3. The Morgan fingerprint density at radius 1 is 1.20 bits per heavy atom. The average Bonchev–Trinajstić information content (AvgIpc) is 2.82. The second-order valence-electron chi connectivity index (χ2n) is 4.05. The Hall–Kier alpha value is -2.43. The number of rotatable bonds is 5. The van der Waals surface area contributed by atoms with Crippen molar-refractivity contribution in [2.45, 2.75) is 13.5 Å². The molecule has 0 saturated carbocycles. The zero-order valence-corrected chi connectivity index (χ0v) is 10.7. The molecule has 0 aliphatic rings. The van der Waals surface area contributed by atoms with E-state index < -0.39 is 6.61 Å². The Balaban J connectivity index is 2.04. The fourth-order valence-corrected chi connectivity index (χ4v) is 1.60. The molecule has 0 aliphatic heterocycles. The zero-order valence-electron chi connectivity index (χ0n) is 10.7. The van der Waals surface area contributed by atoms with Crippen molar-refractivity contribution in [3.05, 3.63) is 59.6 Å². The van der Waals surface area contributed by atoms with Gasteiger partial charge in [-0.05, 0) is 55.5 Å². The lowest BCUT2D eigenvalue weighted by Crippen LogP contribution is -2.02. The molecular formula is C15H12F2O3. The highest BCUT2D eigenvalue weighted by molar-refractivity contribution is 6.06. The van der Waals surface area contributed by atoms with Crippen LogP contribution in [0.3, 0.4) is 0 Å². The number of ether oxygens (including phenoxy) is 1. The minimum atomic E-state index is -2.88. The predicted octanol–water partition coefficient (Wildman–Crippen LogP) is 4.09. The van der Waals surface area contributed by atoms with Crippen molar-refractivity contribution in [1.29, 1.82) is 0 Å². The van der Waals surface area contributed by atoms with Crippen LogP contribution < -0.4 is 4.74 Å².